The molecule has 5 aromatic carbocycles. The van der Waals surface area contributed by atoms with Crippen LogP contribution >= 0.6 is 23.4 Å². The largest absolute Gasteiger partial charge is 0.501 e. The van der Waals surface area contributed by atoms with E-state index >= 15 is 0 Å². The molecule has 3 fully saturated rings. The van der Waals surface area contributed by atoms with E-state index in [0.29, 0.717) is 94.3 Å². The summed E-state index contributed by atoms with van der Waals surface area (Å²) in [5.74, 6) is -3.08. The zero-order valence-corrected chi connectivity index (χ0v) is 52.1. The van der Waals surface area contributed by atoms with E-state index in [2.05, 4.69) is 61.5 Å². The number of carbonyl (C=O) groups is 5. The van der Waals surface area contributed by atoms with Crippen LogP contribution in [0.1, 0.15) is 95.4 Å². The van der Waals surface area contributed by atoms with Gasteiger partial charge in [0.1, 0.15) is 10.9 Å². The lowest BCUT2D eigenvalue weighted by Gasteiger charge is -2.39. The number of carbonyl (C=O) groups excluding carboxylic acids is 5. The van der Waals surface area contributed by atoms with Gasteiger partial charge in [-0.05, 0) is 140 Å². The van der Waals surface area contributed by atoms with Gasteiger partial charge in [-0.2, -0.15) is 13.2 Å². The van der Waals surface area contributed by atoms with Crippen LogP contribution in [-0.4, -0.2) is 168 Å². The van der Waals surface area contributed by atoms with E-state index in [1.54, 1.807) is 24.3 Å². The molecule has 4 aliphatic heterocycles. The summed E-state index contributed by atoms with van der Waals surface area (Å²) in [5.41, 5.74) is -0.420. The smallest absolute Gasteiger partial charge is 0.384 e. The number of imide groups is 2. The predicted octanol–water partition coefficient (Wildman–Crippen LogP) is 9.02. The number of benzene rings is 5. The van der Waals surface area contributed by atoms with Crippen LogP contribution in [0.2, 0.25) is 5.02 Å². The second kappa shape index (κ2) is 27.1. The summed E-state index contributed by atoms with van der Waals surface area (Å²) in [6.07, 6.45) is 4.22. The summed E-state index contributed by atoms with van der Waals surface area (Å²) in [5, 5.41) is 9.22. The first-order valence-corrected chi connectivity index (χ1v) is 33.8. The fourth-order valence-electron chi connectivity index (χ4n) is 12.1. The second-order valence-electron chi connectivity index (χ2n) is 23.7. The molecule has 5 aliphatic rings. The number of sulfonamides is 1. The van der Waals surface area contributed by atoms with Crippen LogP contribution in [0.5, 0.6) is 0 Å². The number of nitrogens with one attached hydrogen (secondary N) is 4. The Labute approximate surface area is 520 Å². The molecule has 4 N–H and O–H groups in total. The molecule has 0 bridgehead atoms. The summed E-state index contributed by atoms with van der Waals surface area (Å²) in [6.45, 7) is 12.9. The van der Waals surface area contributed by atoms with Gasteiger partial charge >= 0.3 is 5.51 Å². The molecule has 3 saturated heterocycles. The molecule has 10 rings (SSSR count). The van der Waals surface area contributed by atoms with Crippen molar-refractivity contribution >= 4 is 95.4 Å². The molecule has 88 heavy (non-hydrogen) atoms. The number of sulfone groups is 1. The number of allylic oxidation sites excluding steroid dienone is 1. The topological polar surface area (TPSA) is 218 Å². The fourth-order valence-corrected chi connectivity index (χ4v) is 15.2. The predicted molar refractivity (Wildman–Crippen MR) is 334 cm³/mol. The Bertz CT molecular complexity index is 3690. The van der Waals surface area contributed by atoms with Crippen LogP contribution in [0, 0.1) is 5.41 Å². The number of amides is 5. The van der Waals surface area contributed by atoms with Crippen molar-refractivity contribution in [1.82, 2.24) is 29.6 Å². The Morgan fingerprint density at radius 2 is 1.45 bits per heavy atom. The lowest BCUT2D eigenvalue weighted by Crippen LogP contribution is -2.54. The summed E-state index contributed by atoms with van der Waals surface area (Å²) in [7, 11) is -11.1. The minimum Gasteiger partial charge on any atom is -0.384 e. The Kier molecular flexibility index (Phi) is 19.8. The number of rotatable bonds is 22. The number of alkyl halides is 3. The number of halogens is 4. The number of anilines is 3. The van der Waals surface area contributed by atoms with Crippen molar-refractivity contribution in [3.05, 3.63) is 148 Å². The number of hydrogen-bond donors (Lipinski definition) is 4. The molecule has 5 aromatic rings. The van der Waals surface area contributed by atoms with Gasteiger partial charge in [0, 0.05) is 117 Å². The average molecular weight is 1290 g/mol. The van der Waals surface area contributed by atoms with Gasteiger partial charge in [-0.1, -0.05) is 67.4 Å². The van der Waals surface area contributed by atoms with Gasteiger partial charge in [-0.15, -0.1) is 11.8 Å². The number of piperidine rings is 1. The number of fused-ring (bicyclic) bond motifs is 1. The SMILES string of the molecule is CC1(C)CCC(c2ccc(Cl)cc2)=C(CN2CCN(c3ccc(C(=O)NS(=O)(=O)c4ccc(N[C@H](CCN5CCN(CCCNc6cccc7c6C(=O)N([C@@H]6CCC(=O)NC6=O)C7=O)CC5)CSc5ccccc5)c(S(=O)(=O)C(F)(F)F)c4)cc3)CC2)C1. The van der Waals surface area contributed by atoms with Crippen molar-refractivity contribution in [2.75, 3.05) is 99.8 Å². The normalized spacial score (nSPS) is 19.4. The van der Waals surface area contributed by atoms with Crippen LogP contribution in [0.25, 0.3) is 5.57 Å². The van der Waals surface area contributed by atoms with Crippen molar-refractivity contribution in [2.45, 2.75) is 91.1 Å². The highest BCUT2D eigenvalue weighted by molar-refractivity contribution is 7.99. The fraction of sp³-hybridized carbons (Fsp3) is 0.413. The molecular formula is C63H71ClF3N9O9S3. The van der Waals surface area contributed by atoms with E-state index in [-0.39, 0.29) is 34.9 Å². The molecule has 4 heterocycles. The monoisotopic (exact) mass is 1290 g/mol. The maximum Gasteiger partial charge on any atom is 0.501 e. The molecule has 5 amide bonds. The highest BCUT2D eigenvalue weighted by Gasteiger charge is 2.49. The highest BCUT2D eigenvalue weighted by Crippen LogP contribution is 2.43. The third-order valence-corrected chi connectivity index (χ3v) is 21.3. The maximum absolute atomic E-state index is 14.5. The maximum atomic E-state index is 14.5. The molecular weight excluding hydrogens is 1220 g/mol. The first-order chi connectivity index (χ1) is 41.9. The minimum absolute atomic E-state index is 0.0152. The molecule has 2 atom stereocenters. The summed E-state index contributed by atoms with van der Waals surface area (Å²) >= 11 is 7.63. The standard InChI is InChI=1S/C63H71ClF3N9O9S3/c1-62(2)26-24-50(42-12-16-45(64)17-13-42)44(39-62)40-74-34-36-75(37-35-74)47-18-14-43(15-19-47)58(78)71-88(84,85)49-20-21-52(55(38-49)87(82,83)63(65,66)67)69-46(41-86-48-8-4-3-5-9-48)25-29-73-32-30-72(31-33-73)28-7-27-68-53-11-6-10-51-57(53)61(81)76(60(51)80)54-22-23-56(77)70-59(54)79/h3-6,8-21,38,46,54,68-69H,7,22-37,39-41H2,1-2H3,(H,71,78)(H,70,77,79)/t46-,54-/m1/s1. The van der Waals surface area contributed by atoms with Gasteiger partial charge < -0.3 is 25.3 Å². The van der Waals surface area contributed by atoms with E-state index in [9.17, 15) is 54.0 Å². The molecule has 1 aliphatic carbocycles. The molecule has 468 valence electrons. The van der Waals surface area contributed by atoms with Crippen molar-refractivity contribution in [3.8, 4) is 0 Å². The van der Waals surface area contributed by atoms with Crippen molar-refractivity contribution in [3.63, 3.8) is 0 Å². The van der Waals surface area contributed by atoms with E-state index < -0.39 is 82.5 Å². The quantitative estimate of drug-likeness (QED) is 0.0289. The average Bonchev–Trinajstić information content (AvgIpc) is 1.68. The Hall–Kier alpha value is -6.80. The summed E-state index contributed by atoms with van der Waals surface area (Å²) < 4.78 is 99.8. The lowest BCUT2D eigenvalue weighted by molar-refractivity contribution is -0.136. The second-order valence-corrected chi connectivity index (χ2v) is 28.8. The highest BCUT2D eigenvalue weighted by atomic mass is 35.5. The van der Waals surface area contributed by atoms with Crippen LogP contribution in [0.3, 0.4) is 0 Å². The van der Waals surface area contributed by atoms with Crippen molar-refractivity contribution < 1.29 is 54.0 Å². The number of hydrogen-bond acceptors (Lipinski definition) is 16. The number of piperazine rings is 2. The minimum atomic E-state index is -6.15. The molecule has 0 radical (unpaired) electrons. The molecule has 25 heteroatoms. The van der Waals surface area contributed by atoms with E-state index in [1.165, 1.54) is 46.7 Å². The molecule has 18 nitrogen and oxygen atoms in total. The van der Waals surface area contributed by atoms with Gasteiger partial charge in [0.25, 0.3) is 37.6 Å². The van der Waals surface area contributed by atoms with Crippen LogP contribution < -0.4 is 25.6 Å². The van der Waals surface area contributed by atoms with E-state index in [0.717, 1.165) is 66.5 Å². The third-order valence-electron chi connectivity index (χ3n) is 17.0. The summed E-state index contributed by atoms with van der Waals surface area (Å²) in [4.78, 5) is 73.5. The zero-order valence-electron chi connectivity index (χ0n) is 48.9. The van der Waals surface area contributed by atoms with Crippen molar-refractivity contribution in [2.24, 2.45) is 5.41 Å². The van der Waals surface area contributed by atoms with Gasteiger partial charge in [0.2, 0.25) is 11.8 Å². The Balaban J connectivity index is 0.741. The molecule has 0 spiro atoms. The molecule has 0 saturated carbocycles. The third kappa shape index (κ3) is 15.1. The van der Waals surface area contributed by atoms with E-state index in [4.69, 9.17) is 11.6 Å². The van der Waals surface area contributed by atoms with Crippen LogP contribution in [0.15, 0.2) is 136 Å². The number of nitrogens with zero attached hydrogens (tertiary/aromatic N) is 5. The lowest BCUT2D eigenvalue weighted by atomic mass is 9.73. The van der Waals surface area contributed by atoms with E-state index in [1.807, 2.05) is 47.2 Å². The van der Waals surface area contributed by atoms with Gasteiger partial charge in [-0.3, -0.25) is 39.1 Å². The number of thioether (sulfide) groups is 1. The van der Waals surface area contributed by atoms with Crippen LogP contribution in [-0.2, 0) is 29.4 Å². The first kappa shape index (κ1) is 64.2. The van der Waals surface area contributed by atoms with Gasteiger partial charge in [-0.25, -0.2) is 21.6 Å². The Morgan fingerprint density at radius 3 is 2.14 bits per heavy atom. The van der Waals surface area contributed by atoms with Gasteiger partial charge in [0.15, 0.2) is 0 Å². The van der Waals surface area contributed by atoms with Gasteiger partial charge in [0.05, 0.1) is 21.7 Å². The zero-order chi connectivity index (χ0) is 62.5. The molecule has 0 aromatic heterocycles. The van der Waals surface area contributed by atoms with Crippen LogP contribution in [0.4, 0.5) is 30.2 Å². The molecule has 0 unspecified atom stereocenters. The summed E-state index contributed by atoms with van der Waals surface area (Å²) in [6, 6.07) is 29.3. The van der Waals surface area contributed by atoms with Crippen molar-refractivity contribution in [1.29, 1.82) is 0 Å². The Morgan fingerprint density at radius 1 is 0.773 bits per heavy atom. The first-order valence-electron chi connectivity index (χ1n) is 29.5.